The van der Waals surface area contributed by atoms with Crippen LogP contribution >= 0.6 is 0 Å². The van der Waals surface area contributed by atoms with Crippen LogP contribution < -0.4 is 5.32 Å². The Morgan fingerprint density at radius 3 is 2.37 bits per heavy atom. The predicted octanol–water partition coefficient (Wildman–Crippen LogP) is 2.04. The first-order valence-corrected chi connectivity index (χ1v) is 6.53. The van der Waals surface area contributed by atoms with Crippen molar-refractivity contribution in [3.8, 4) is 0 Å². The van der Waals surface area contributed by atoms with E-state index >= 15 is 0 Å². The SMILES string of the molecule is Cc1ccc(C(O)C(NCC(=O)O)C(C)C)cc1C. The highest BCUT2D eigenvalue weighted by Gasteiger charge is 2.24. The van der Waals surface area contributed by atoms with Crippen molar-refractivity contribution in [1.82, 2.24) is 5.32 Å². The van der Waals surface area contributed by atoms with Gasteiger partial charge in [0, 0.05) is 6.04 Å². The molecule has 0 fully saturated rings. The average Bonchev–Trinajstić information content (AvgIpc) is 2.31. The topological polar surface area (TPSA) is 69.6 Å². The third-order valence-corrected chi connectivity index (χ3v) is 3.42. The fourth-order valence-corrected chi connectivity index (χ4v) is 2.07. The van der Waals surface area contributed by atoms with Crippen LogP contribution in [0.3, 0.4) is 0 Å². The van der Waals surface area contributed by atoms with Crippen molar-refractivity contribution < 1.29 is 15.0 Å². The van der Waals surface area contributed by atoms with Gasteiger partial charge < -0.3 is 15.5 Å². The van der Waals surface area contributed by atoms with Gasteiger partial charge in [-0.2, -0.15) is 0 Å². The summed E-state index contributed by atoms with van der Waals surface area (Å²) in [5.74, 6) is -0.783. The fourth-order valence-electron chi connectivity index (χ4n) is 2.07. The number of rotatable bonds is 6. The van der Waals surface area contributed by atoms with Gasteiger partial charge in [-0.25, -0.2) is 0 Å². The van der Waals surface area contributed by atoms with E-state index < -0.39 is 12.1 Å². The summed E-state index contributed by atoms with van der Waals surface area (Å²) < 4.78 is 0. The lowest BCUT2D eigenvalue weighted by atomic mass is 9.92. The van der Waals surface area contributed by atoms with E-state index in [0.29, 0.717) is 0 Å². The molecule has 0 heterocycles. The second-order valence-corrected chi connectivity index (χ2v) is 5.33. The van der Waals surface area contributed by atoms with Gasteiger partial charge in [0.2, 0.25) is 0 Å². The molecule has 0 radical (unpaired) electrons. The Balaban J connectivity index is 2.88. The van der Waals surface area contributed by atoms with E-state index in [9.17, 15) is 9.90 Å². The van der Waals surface area contributed by atoms with Crippen LogP contribution in [0.15, 0.2) is 18.2 Å². The van der Waals surface area contributed by atoms with Crippen LogP contribution in [-0.2, 0) is 4.79 Å². The van der Waals surface area contributed by atoms with Crippen LogP contribution in [0.25, 0.3) is 0 Å². The zero-order chi connectivity index (χ0) is 14.6. The van der Waals surface area contributed by atoms with Crippen molar-refractivity contribution in [2.24, 2.45) is 5.92 Å². The molecule has 0 aromatic heterocycles. The molecule has 2 atom stereocenters. The second kappa shape index (κ2) is 6.68. The van der Waals surface area contributed by atoms with Gasteiger partial charge in [-0.1, -0.05) is 32.0 Å². The molecule has 106 valence electrons. The van der Waals surface area contributed by atoms with E-state index in [1.165, 1.54) is 5.56 Å². The lowest BCUT2D eigenvalue weighted by Gasteiger charge is -2.27. The van der Waals surface area contributed by atoms with Gasteiger partial charge in [0.05, 0.1) is 12.6 Å². The van der Waals surface area contributed by atoms with Gasteiger partial charge in [-0.15, -0.1) is 0 Å². The van der Waals surface area contributed by atoms with Crippen LogP contribution in [-0.4, -0.2) is 28.8 Å². The highest BCUT2D eigenvalue weighted by Crippen LogP contribution is 2.23. The van der Waals surface area contributed by atoms with Gasteiger partial charge in [0.15, 0.2) is 0 Å². The lowest BCUT2D eigenvalue weighted by Crippen LogP contribution is -2.41. The summed E-state index contributed by atoms with van der Waals surface area (Å²) in [6.07, 6.45) is -0.710. The van der Waals surface area contributed by atoms with E-state index in [2.05, 4.69) is 5.32 Å². The number of carbonyl (C=O) groups is 1. The Bertz CT molecular complexity index is 443. The molecule has 1 aromatic carbocycles. The Morgan fingerprint density at radius 1 is 1.26 bits per heavy atom. The van der Waals surface area contributed by atoms with E-state index in [4.69, 9.17) is 5.11 Å². The largest absolute Gasteiger partial charge is 0.480 e. The Morgan fingerprint density at radius 2 is 1.89 bits per heavy atom. The van der Waals surface area contributed by atoms with Crippen molar-refractivity contribution in [2.75, 3.05) is 6.54 Å². The summed E-state index contributed by atoms with van der Waals surface area (Å²) in [6.45, 7) is 7.80. The van der Waals surface area contributed by atoms with Crippen LogP contribution in [0.5, 0.6) is 0 Å². The molecule has 3 N–H and O–H groups in total. The second-order valence-electron chi connectivity index (χ2n) is 5.33. The van der Waals surface area contributed by atoms with Crippen molar-refractivity contribution in [1.29, 1.82) is 0 Å². The number of benzene rings is 1. The molecule has 4 heteroatoms. The molecule has 2 unspecified atom stereocenters. The monoisotopic (exact) mass is 265 g/mol. The maximum atomic E-state index is 10.6. The number of aliphatic hydroxyl groups excluding tert-OH is 1. The number of aliphatic hydroxyl groups is 1. The van der Waals surface area contributed by atoms with Gasteiger partial charge in [-0.3, -0.25) is 4.79 Å². The maximum Gasteiger partial charge on any atom is 0.317 e. The highest BCUT2D eigenvalue weighted by atomic mass is 16.4. The number of hydrogen-bond donors (Lipinski definition) is 3. The molecule has 0 amide bonds. The average molecular weight is 265 g/mol. The molecule has 0 saturated carbocycles. The normalized spacial score (nSPS) is 14.4. The van der Waals surface area contributed by atoms with Gasteiger partial charge in [-0.05, 0) is 36.5 Å². The van der Waals surface area contributed by atoms with Gasteiger partial charge in [0.25, 0.3) is 0 Å². The summed E-state index contributed by atoms with van der Waals surface area (Å²) in [5, 5.41) is 22.1. The highest BCUT2D eigenvalue weighted by molar-refractivity contribution is 5.69. The molecule has 0 spiro atoms. The molecule has 0 aliphatic rings. The molecule has 0 saturated heterocycles. The summed E-state index contributed by atoms with van der Waals surface area (Å²) in [7, 11) is 0. The summed E-state index contributed by atoms with van der Waals surface area (Å²) in [5.41, 5.74) is 3.12. The molecule has 1 rings (SSSR count). The van der Waals surface area contributed by atoms with Crippen LogP contribution in [0.4, 0.5) is 0 Å². The number of carboxylic acids is 1. The molecule has 0 bridgehead atoms. The minimum absolute atomic E-state index is 0.135. The standard InChI is InChI=1S/C15H23NO3/c1-9(2)14(16-8-13(17)18)15(19)12-6-5-10(3)11(4)7-12/h5-7,9,14-16,19H,8H2,1-4H3,(H,17,18). The summed E-state index contributed by atoms with van der Waals surface area (Å²) in [6, 6.07) is 5.55. The van der Waals surface area contributed by atoms with Crippen molar-refractivity contribution in [2.45, 2.75) is 39.8 Å². The van der Waals surface area contributed by atoms with Crippen LogP contribution in [0.2, 0.25) is 0 Å². The van der Waals surface area contributed by atoms with E-state index in [1.807, 2.05) is 45.9 Å². The Labute approximate surface area is 114 Å². The molecular formula is C15H23NO3. The molecule has 0 aliphatic carbocycles. The van der Waals surface area contributed by atoms with Crippen molar-refractivity contribution >= 4 is 5.97 Å². The quantitative estimate of drug-likeness (QED) is 0.736. The lowest BCUT2D eigenvalue weighted by molar-refractivity contribution is -0.136. The van der Waals surface area contributed by atoms with Gasteiger partial charge in [0.1, 0.15) is 0 Å². The van der Waals surface area contributed by atoms with Gasteiger partial charge >= 0.3 is 5.97 Å². The molecular weight excluding hydrogens is 242 g/mol. The predicted molar refractivity (Wildman–Crippen MR) is 75.1 cm³/mol. The van der Waals surface area contributed by atoms with E-state index in [1.54, 1.807) is 0 Å². The first-order valence-electron chi connectivity index (χ1n) is 6.53. The third kappa shape index (κ3) is 4.33. The zero-order valence-electron chi connectivity index (χ0n) is 12.0. The molecule has 1 aromatic rings. The molecule has 19 heavy (non-hydrogen) atoms. The first kappa shape index (κ1) is 15.7. The summed E-state index contributed by atoms with van der Waals surface area (Å²) in [4.78, 5) is 10.6. The number of aliphatic carboxylic acids is 1. The number of hydrogen-bond acceptors (Lipinski definition) is 3. The maximum absolute atomic E-state index is 10.6. The number of nitrogens with one attached hydrogen (secondary N) is 1. The summed E-state index contributed by atoms with van der Waals surface area (Å²) >= 11 is 0. The van der Waals surface area contributed by atoms with E-state index in [-0.39, 0.29) is 18.5 Å². The van der Waals surface area contributed by atoms with Crippen molar-refractivity contribution in [3.63, 3.8) is 0 Å². The minimum atomic E-state index is -0.919. The smallest absolute Gasteiger partial charge is 0.317 e. The zero-order valence-corrected chi connectivity index (χ0v) is 12.0. The Hall–Kier alpha value is -1.39. The third-order valence-electron chi connectivity index (χ3n) is 3.42. The molecule has 4 nitrogen and oxygen atoms in total. The number of carboxylic acid groups (broad SMARTS) is 1. The number of aryl methyl sites for hydroxylation is 2. The first-order chi connectivity index (χ1) is 8.82. The Kier molecular flexibility index (Phi) is 5.51. The minimum Gasteiger partial charge on any atom is -0.480 e. The van der Waals surface area contributed by atoms with Crippen molar-refractivity contribution in [3.05, 3.63) is 34.9 Å². The molecule has 0 aliphatic heterocycles. The van der Waals surface area contributed by atoms with Crippen LogP contribution in [0, 0.1) is 19.8 Å². The van der Waals surface area contributed by atoms with E-state index in [0.717, 1.165) is 11.1 Å². The fraction of sp³-hybridized carbons (Fsp3) is 0.533. The van der Waals surface area contributed by atoms with Crippen LogP contribution in [0.1, 0.15) is 36.6 Å².